The molecule has 0 fully saturated rings. The number of aromatic nitrogens is 2. The summed E-state index contributed by atoms with van der Waals surface area (Å²) in [6.45, 7) is 3.83. The number of benzene rings is 2. The van der Waals surface area contributed by atoms with Gasteiger partial charge in [-0.25, -0.2) is 4.98 Å². The fraction of sp³-hybridized carbons (Fsp3) is 0.125. The lowest BCUT2D eigenvalue weighted by Crippen LogP contribution is -2.42. The van der Waals surface area contributed by atoms with Crippen LogP contribution in [0.15, 0.2) is 72.1 Å². The summed E-state index contributed by atoms with van der Waals surface area (Å²) in [5, 5.41) is 2.72. The minimum atomic E-state index is -0.355. The van der Waals surface area contributed by atoms with Gasteiger partial charge in [0.2, 0.25) is 5.91 Å². The monoisotopic (exact) mass is 430 g/mol. The lowest BCUT2D eigenvalue weighted by atomic mass is 10.2. The molecule has 4 rings (SSSR count). The molecule has 0 unspecified atom stereocenters. The van der Waals surface area contributed by atoms with Gasteiger partial charge in [-0.15, -0.1) is 11.3 Å². The maximum Gasteiger partial charge on any atom is 0.271 e. The van der Waals surface area contributed by atoms with Crippen molar-refractivity contribution in [3.05, 3.63) is 94.8 Å². The van der Waals surface area contributed by atoms with Crippen molar-refractivity contribution in [2.75, 3.05) is 0 Å². The summed E-state index contributed by atoms with van der Waals surface area (Å²) in [4.78, 5) is 29.5. The van der Waals surface area contributed by atoms with E-state index >= 15 is 0 Å². The molecule has 2 aromatic heterocycles. The summed E-state index contributed by atoms with van der Waals surface area (Å²) in [7, 11) is 0. The SMILES string of the molecule is Cc1cc(C(=O)NNC(=O)Cc2csc(-c3ccccc3)n2)c(C)n1-c1ccccc1. The second-order valence-corrected chi connectivity index (χ2v) is 8.00. The molecule has 31 heavy (non-hydrogen) atoms. The maximum atomic E-state index is 12.7. The molecule has 2 aromatic carbocycles. The van der Waals surface area contributed by atoms with Gasteiger partial charge in [0.15, 0.2) is 0 Å². The predicted octanol–water partition coefficient (Wildman–Crippen LogP) is 4.22. The molecule has 0 radical (unpaired) electrons. The number of hydrazine groups is 1. The van der Waals surface area contributed by atoms with Crippen molar-refractivity contribution in [3.63, 3.8) is 0 Å². The molecule has 6 nitrogen and oxygen atoms in total. The Bertz CT molecular complexity index is 1210. The van der Waals surface area contributed by atoms with Crippen LogP contribution in [0.4, 0.5) is 0 Å². The fourth-order valence-electron chi connectivity index (χ4n) is 3.47. The number of hydrogen-bond acceptors (Lipinski definition) is 4. The van der Waals surface area contributed by atoms with Gasteiger partial charge in [-0.2, -0.15) is 0 Å². The highest BCUT2D eigenvalue weighted by Gasteiger charge is 2.17. The fourth-order valence-corrected chi connectivity index (χ4v) is 4.30. The van der Waals surface area contributed by atoms with E-state index in [2.05, 4.69) is 15.8 Å². The molecule has 0 bridgehead atoms. The van der Waals surface area contributed by atoms with Crippen molar-refractivity contribution in [2.45, 2.75) is 20.3 Å². The molecular formula is C24H22N4O2S. The van der Waals surface area contributed by atoms with Crippen LogP contribution in [0.25, 0.3) is 16.3 Å². The molecule has 156 valence electrons. The zero-order chi connectivity index (χ0) is 21.8. The second-order valence-electron chi connectivity index (χ2n) is 7.14. The Morgan fingerprint density at radius 1 is 0.968 bits per heavy atom. The van der Waals surface area contributed by atoms with Crippen molar-refractivity contribution < 1.29 is 9.59 Å². The van der Waals surface area contributed by atoms with Gasteiger partial charge in [0, 0.05) is 28.0 Å². The van der Waals surface area contributed by atoms with Gasteiger partial charge < -0.3 is 4.57 Å². The minimum absolute atomic E-state index is 0.0899. The molecule has 0 aliphatic heterocycles. The first-order chi connectivity index (χ1) is 15.0. The average Bonchev–Trinajstić information content (AvgIpc) is 3.37. The van der Waals surface area contributed by atoms with Crippen molar-refractivity contribution in [2.24, 2.45) is 0 Å². The van der Waals surface area contributed by atoms with Gasteiger partial charge in [0.05, 0.1) is 17.7 Å². The van der Waals surface area contributed by atoms with E-state index in [1.54, 1.807) is 0 Å². The normalized spacial score (nSPS) is 10.6. The van der Waals surface area contributed by atoms with Crippen LogP contribution in [0.2, 0.25) is 0 Å². The Kier molecular flexibility index (Phi) is 5.95. The summed E-state index contributed by atoms with van der Waals surface area (Å²) < 4.78 is 2.01. The Morgan fingerprint density at radius 3 is 2.35 bits per heavy atom. The number of carbonyl (C=O) groups is 2. The first-order valence-corrected chi connectivity index (χ1v) is 10.7. The Hall–Kier alpha value is -3.71. The molecule has 0 saturated carbocycles. The topological polar surface area (TPSA) is 76.0 Å². The molecule has 2 heterocycles. The van der Waals surface area contributed by atoms with Crippen molar-refractivity contribution in [1.29, 1.82) is 0 Å². The van der Waals surface area contributed by atoms with Crippen molar-refractivity contribution in [3.8, 4) is 16.3 Å². The van der Waals surface area contributed by atoms with Gasteiger partial charge in [-0.1, -0.05) is 48.5 Å². The summed E-state index contributed by atoms with van der Waals surface area (Å²) in [6.07, 6.45) is 0.0899. The van der Waals surface area contributed by atoms with E-state index in [1.807, 2.05) is 90.5 Å². The predicted molar refractivity (Wildman–Crippen MR) is 122 cm³/mol. The van der Waals surface area contributed by atoms with E-state index in [1.165, 1.54) is 11.3 Å². The smallest absolute Gasteiger partial charge is 0.271 e. The van der Waals surface area contributed by atoms with Crippen LogP contribution >= 0.6 is 11.3 Å². The number of amides is 2. The van der Waals surface area contributed by atoms with Gasteiger partial charge in [0.1, 0.15) is 5.01 Å². The van der Waals surface area contributed by atoms with Crippen LogP contribution < -0.4 is 10.9 Å². The molecule has 0 saturated heterocycles. The highest BCUT2D eigenvalue weighted by molar-refractivity contribution is 7.13. The Morgan fingerprint density at radius 2 is 1.65 bits per heavy atom. The second kappa shape index (κ2) is 8.97. The number of aryl methyl sites for hydroxylation is 1. The van der Waals surface area contributed by atoms with E-state index in [-0.39, 0.29) is 18.2 Å². The minimum Gasteiger partial charge on any atom is -0.318 e. The summed E-state index contributed by atoms with van der Waals surface area (Å²) in [5.41, 5.74) is 9.93. The standard InChI is InChI=1S/C24H22N4O2S/c1-16-13-21(17(2)28(16)20-11-7-4-8-12-20)23(30)27-26-22(29)14-19-15-31-24(25-19)18-9-5-3-6-10-18/h3-13,15H,14H2,1-2H3,(H,26,29)(H,27,30). The maximum absolute atomic E-state index is 12.7. The highest BCUT2D eigenvalue weighted by Crippen LogP contribution is 2.23. The van der Waals surface area contributed by atoms with Crippen LogP contribution in [0, 0.1) is 13.8 Å². The van der Waals surface area contributed by atoms with E-state index in [9.17, 15) is 9.59 Å². The molecule has 0 spiro atoms. The molecule has 0 aliphatic rings. The van der Waals surface area contributed by atoms with Crippen LogP contribution in [0.1, 0.15) is 27.4 Å². The first kappa shape index (κ1) is 20.6. The van der Waals surface area contributed by atoms with E-state index in [0.717, 1.165) is 27.6 Å². The summed E-state index contributed by atoms with van der Waals surface area (Å²) >= 11 is 1.49. The van der Waals surface area contributed by atoms with E-state index in [0.29, 0.717) is 11.3 Å². The number of nitrogens with one attached hydrogen (secondary N) is 2. The van der Waals surface area contributed by atoms with Gasteiger partial charge in [0.25, 0.3) is 5.91 Å². The highest BCUT2D eigenvalue weighted by atomic mass is 32.1. The largest absolute Gasteiger partial charge is 0.318 e. The lowest BCUT2D eigenvalue weighted by molar-refractivity contribution is -0.121. The molecule has 4 aromatic rings. The third-order valence-electron chi connectivity index (χ3n) is 4.92. The molecule has 2 amide bonds. The number of thiazole rings is 1. The Balaban J connectivity index is 1.38. The third-order valence-corrected chi connectivity index (χ3v) is 5.86. The first-order valence-electron chi connectivity index (χ1n) is 9.86. The lowest BCUT2D eigenvalue weighted by Gasteiger charge is -2.10. The quantitative estimate of drug-likeness (QED) is 0.466. The van der Waals surface area contributed by atoms with Crippen LogP contribution in [0.3, 0.4) is 0 Å². The Labute approximate surface area is 184 Å². The summed E-state index contributed by atoms with van der Waals surface area (Å²) in [5.74, 6) is -0.679. The molecule has 7 heteroatoms. The molecule has 2 N–H and O–H groups in total. The van der Waals surface area contributed by atoms with Gasteiger partial charge in [-0.05, 0) is 32.0 Å². The number of rotatable bonds is 5. The number of nitrogens with zero attached hydrogens (tertiary/aromatic N) is 2. The van der Waals surface area contributed by atoms with E-state index in [4.69, 9.17) is 0 Å². The van der Waals surface area contributed by atoms with Crippen LogP contribution in [0.5, 0.6) is 0 Å². The van der Waals surface area contributed by atoms with Crippen molar-refractivity contribution in [1.82, 2.24) is 20.4 Å². The number of para-hydroxylation sites is 1. The van der Waals surface area contributed by atoms with Crippen molar-refractivity contribution >= 4 is 23.2 Å². The van der Waals surface area contributed by atoms with Crippen LogP contribution in [-0.2, 0) is 11.2 Å². The summed E-state index contributed by atoms with van der Waals surface area (Å²) in [6, 6.07) is 21.5. The molecule has 0 atom stereocenters. The van der Waals surface area contributed by atoms with E-state index < -0.39 is 0 Å². The number of carbonyl (C=O) groups excluding carboxylic acids is 2. The molecular weight excluding hydrogens is 408 g/mol. The zero-order valence-corrected chi connectivity index (χ0v) is 18.1. The third kappa shape index (κ3) is 4.57. The van der Waals surface area contributed by atoms with Gasteiger partial charge >= 0.3 is 0 Å². The number of hydrogen-bond donors (Lipinski definition) is 2. The van der Waals surface area contributed by atoms with Gasteiger partial charge in [-0.3, -0.25) is 20.4 Å². The average molecular weight is 431 g/mol. The molecule has 0 aliphatic carbocycles. The zero-order valence-electron chi connectivity index (χ0n) is 17.3. The van der Waals surface area contributed by atoms with Crippen LogP contribution in [-0.4, -0.2) is 21.4 Å².